The van der Waals surface area contributed by atoms with E-state index in [0.29, 0.717) is 52.2 Å². The van der Waals surface area contributed by atoms with Crippen LogP contribution in [0.4, 0.5) is 0 Å². The molecule has 0 aliphatic heterocycles. The van der Waals surface area contributed by atoms with Crippen LogP contribution in [0, 0.1) is 12.8 Å². The SMILES string of the molecule is COc1ccc(C)cc1Cn1c(-c2cccc(OCC[C@H](C)C(=O)O)c2Cl)nc2c(OC3(C)CC3)ncnc21. The van der Waals surface area contributed by atoms with Gasteiger partial charge in [-0.3, -0.25) is 4.79 Å². The van der Waals surface area contributed by atoms with Crippen LogP contribution in [0.5, 0.6) is 17.4 Å². The zero-order valence-electron chi connectivity index (χ0n) is 22.4. The molecular weight excluding hydrogens is 520 g/mol. The molecule has 204 valence electrons. The molecule has 1 fully saturated rings. The second-order valence-electron chi connectivity index (χ2n) is 10.2. The minimum atomic E-state index is -0.863. The molecule has 1 saturated carbocycles. The van der Waals surface area contributed by atoms with Crippen molar-refractivity contribution < 1.29 is 24.1 Å². The first kappa shape index (κ1) is 26.7. The van der Waals surface area contributed by atoms with Crippen molar-refractivity contribution in [1.29, 1.82) is 0 Å². The number of nitrogens with zero attached hydrogens (tertiary/aromatic N) is 4. The van der Waals surface area contributed by atoms with Crippen LogP contribution in [0.3, 0.4) is 0 Å². The summed E-state index contributed by atoms with van der Waals surface area (Å²) < 4.78 is 19.8. The number of aliphatic carboxylic acids is 1. The maximum atomic E-state index is 11.2. The molecule has 0 radical (unpaired) electrons. The Hall–Kier alpha value is -3.85. The van der Waals surface area contributed by atoms with E-state index in [2.05, 4.69) is 23.0 Å². The molecule has 0 spiro atoms. The summed E-state index contributed by atoms with van der Waals surface area (Å²) in [5, 5.41) is 9.55. The van der Waals surface area contributed by atoms with Gasteiger partial charge in [0.2, 0.25) is 5.88 Å². The molecule has 0 unspecified atom stereocenters. The summed E-state index contributed by atoms with van der Waals surface area (Å²) >= 11 is 6.88. The van der Waals surface area contributed by atoms with Crippen LogP contribution in [0.2, 0.25) is 5.02 Å². The first-order valence-electron chi connectivity index (χ1n) is 12.9. The van der Waals surface area contributed by atoms with E-state index >= 15 is 0 Å². The number of carboxylic acids is 1. The van der Waals surface area contributed by atoms with Crippen LogP contribution >= 0.6 is 11.6 Å². The molecule has 9 nitrogen and oxygen atoms in total. The number of fused-ring (bicyclic) bond motifs is 1. The Bertz CT molecular complexity index is 1530. The Morgan fingerprint density at radius 3 is 2.72 bits per heavy atom. The van der Waals surface area contributed by atoms with Gasteiger partial charge in [-0.1, -0.05) is 42.3 Å². The number of aromatic nitrogens is 4. The van der Waals surface area contributed by atoms with Crippen molar-refractivity contribution in [3.8, 4) is 28.8 Å². The second-order valence-corrected chi connectivity index (χ2v) is 10.6. The highest BCUT2D eigenvalue weighted by Gasteiger charge is 2.41. The van der Waals surface area contributed by atoms with Gasteiger partial charge in [0.1, 0.15) is 29.3 Å². The highest BCUT2D eigenvalue weighted by molar-refractivity contribution is 6.34. The van der Waals surface area contributed by atoms with E-state index in [4.69, 9.17) is 30.8 Å². The summed E-state index contributed by atoms with van der Waals surface area (Å²) in [5.74, 6) is 0.826. The lowest BCUT2D eigenvalue weighted by Gasteiger charge is -2.15. The monoisotopic (exact) mass is 550 g/mol. The van der Waals surface area contributed by atoms with Crippen molar-refractivity contribution in [3.63, 3.8) is 0 Å². The fourth-order valence-electron chi connectivity index (χ4n) is 4.32. The van der Waals surface area contributed by atoms with E-state index in [-0.39, 0.29) is 12.2 Å². The standard InChI is InChI=1S/C29H31ClN4O5/c1-17-8-9-21(37-4)19(14-17)15-34-25(33-24-26(34)31-16-32-27(24)39-29(3)11-12-29)20-6-5-7-22(23(20)30)38-13-10-18(2)28(35)36/h5-9,14,16,18H,10-13,15H2,1-4H3,(H,35,36)/t18-/m0/s1. The first-order chi connectivity index (χ1) is 18.7. The smallest absolute Gasteiger partial charge is 0.306 e. The second kappa shape index (κ2) is 10.7. The van der Waals surface area contributed by atoms with E-state index in [0.717, 1.165) is 29.7 Å². The number of rotatable bonds is 11. The summed E-state index contributed by atoms with van der Waals surface area (Å²) in [6.07, 6.45) is 3.76. The van der Waals surface area contributed by atoms with Crippen molar-refractivity contribution in [2.24, 2.45) is 5.92 Å². The zero-order chi connectivity index (χ0) is 27.7. The first-order valence-corrected chi connectivity index (χ1v) is 13.2. The van der Waals surface area contributed by atoms with Crippen molar-refractivity contribution in [2.45, 2.75) is 52.2 Å². The van der Waals surface area contributed by atoms with Crippen LogP contribution in [0.15, 0.2) is 42.7 Å². The summed E-state index contributed by atoms with van der Waals surface area (Å²) in [6.45, 7) is 6.37. The highest BCUT2D eigenvalue weighted by atomic mass is 35.5. The quantitative estimate of drug-likeness (QED) is 0.245. The van der Waals surface area contributed by atoms with Crippen LogP contribution < -0.4 is 14.2 Å². The lowest BCUT2D eigenvalue weighted by atomic mass is 10.1. The number of benzene rings is 2. The molecule has 10 heteroatoms. The number of ether oxygens (including phenoxy) is 3. The number of aryl methyl sites for hydroxylation is 1. The molecule has 1 aliphatic carbocycles. The zero-order valence-corrected chi connectivity index (χ0v) is 23.2. The molecule has 39 heavy (non-hydrogen) atoms. The molecule has 0 amide bonds. The topological polar surface area (TPSA) is 109 Å². The summed E-state index contributed by atoms with van der Waals surface area (Å²) in [7, 11) is 1.65. The molecule has 0 bridgehead atoms. The van der Waals surface area contributed by atoms with Gasteiger partial charge in [-0.25, -0.2) is 9.97 Å². The van der Waals surface area contributed by atoms with Gasteiger partial charge in [0.05, 0.1) is 31.2 Å². The molecule has 1 N–H and O–H groups in total. The molecule has 2 aromatic heterocycles. The van der Waals surface area contributed by atoms with Gasteiger partial charge in [-0.05, 0) is 51.3 Å². The lowest BCUT2D eigenvalue weighted by Crippen LogP contribution is -2.13. The predicted octanol–water partition coefficient (Wildman–Crippen LogP) is 5.93. The number of halogens is 1. The third kappa shape index (κ3) is 5.63. The molecule has 2 aromatic carbocycles. The van der Waals surface area contributed by atoms with E-state index < -0.39 is 11.9 Å². The number of carboxylic acid groups (broad SMARTS) is 1. The maximum absolute atomic E-state index is 11.2. The van der Waals surface area contributed by atoms with Crippen LogP contribution in [-0.4, -0.2) is 49.9 Å². The fourth-order valence-corrected chi connectivity index (χ4v) is 4.59. The number of methoxy groups -OCH3 is 1. The Morgan fingerprint density at radius 2 is 2.00 bits per heavy atom. The molecular formula is C29H31ClN4O5. The van der Waals surface area contributed by atoms with Gasteiger partial charge in [0.15, 0.2) is 11.2 Å². The molecule has 4 aromatic rings. The van der Waals surface area contributed by atoms with Gasteiger partial charge in [0, 0.05) is 11.1 Å². The third-order valence-electron chi connectivity index (χ3n) is 6.99. The van der Waals surface area contributed by atoms with E-state index in [1.165, 1.54) is 6.33 Å². The van der Waals surface area contributed by atoms with E-state index in [1.807, 2.05) is 35.8 Å². The molecule has 1 aliphatic rings. The number of hydrogen-bond donors (Lipinski definition) is 1. The lowest BCUT2D eigenvalue weighted by molar-refractivity contribution is -0.141. The average molecular weight is 551 g/mol. The number of hydrogen-bond acceptors (Lipinski definition) is 7. The highest BCUT2D eigenvalue weighted by Crippen LogP contribution is 2.42. The van der Waals surface area contributed by atoms with Crippen molar-refractivity contribution in [2.75, 3.05) is 13.7 Å². The van der Waals surface area contributed by atoms with Crippen molar-refractivity contribution in [1.82, 2.24) is 19.5 Å². The number of imidazole rings is 1. The van der Waals surface area contributed by atoms with Crippen molar-refractivity contribution >= 4 is 28.7 Å². The molecule has 2 heterocycles. The largest absolute Gasteiger partial charge is 0.496 e. The predicted molar refractivity (Wildman–Crippen MR) is 148 cm³/mol. The Balaban J connectivity index is 1.60. The van der Waals surface area contributed by atoms with Crippen LogP contribution in [0.1, 0.15) is 44.2 Å². The van der Waals surface area contributed by atoms with Crippen molar-refractivity contribution in [3.05, 3.63) is 58.9 Å². The minimum Gasteiger partial charge on any atom is -0.496 e. The Morgan fingerprint density at radius 1 is 1.21 bits per heavy atom. The van der Waals surface area contributed by atoms with Gasteiger partial charge in [-0.15, -0.1) is 0 Å². The summed E-state index contributed by atoms with van der Waals surface area (Å²) in [6, 6.07) is 11.5. The Labute approximate surface area is 231 Å². The third-order valence-corrected chi connectivity index (χ3v) is 7.38. The maximum Gasteiger partial charge on any atom is 0.306 e. The van der Waals surface area contributed by atoms with Gasteiger partial charge in [-0.2, -0.15) is 4.98 Å². The molecule has 0 saturated heterocycles. The van der Waals surface area contributed by atoms with Gasteiger partial charge in [0.25, 0.3) is 0 Å². The Kier molecular flexibility index (Phi) is 7.36. The normalized spacial score (nSPS) is 14.7. The average Bonchev–Trinajstić information content (AvgIpc) is 3.52. The van der Waals surface area contributed by atoms with Crippen LogP contribution in [0.25, 0.3) is 22.6 Å². The van der Waals surface area contributed by atoms with Gasteiger partial charge >= 0.3 is 5.97 Å². The molecule has 1 atom stereocenters. The molecule has 5 rings (SSSR count). The van der Waals surface area contributed by atoms with E-state index in [1.54, 1.807) is 20.1 Å². The van der Waals surface area contributed by atoms with Crippen LogP contribution in [-0.2, 0) is 11.3 Å². The summed E-state index contributed by atoms with van der Waals surface area (Å²) in [4.78, 5) is 25.1. The van der Waals surface area contributed by atoms with Gasteiger partial charge < -0.3 is 23.9 Å². The number of carbonyl (C=O) groups is 1. The van der Waals surface area contributed by atoms with E-state index in [9.17, 15) is 9.90 Å². The summed E-state index contributed by atoms with van der Waals surface area (Å²) in [5.41, 5.74) is 3.61. The minimum absolute atomic E-state index is 0.218. The fraction of sp³-hybridized carbons (Fsp3) is 0.379.